The summed E-state index contributed by atoms with van der Waals surface area (Å²) in [6.45, 7) is 2.01. The van der Waals surface area contributed by atoms with Gasteiger partial charge in [0.15, 0.2) is 10.1 Å². The minimum Gasteiger partial charge on any atom is -0.374 e. The summed E-state index contributed by atoms with van der Waals surface area (Å²) in [5, 5.41) is 10.5. The Bertz CT molecular complexity index is 763. The zero-order valence-corrected chi connectivity index (χ0v) is 13.9. The molecule has 2 aromatic rings. The molecular weight excluding hydrogens is 336 g/mol. The molecule has 3 rings (SSSR count). The third-order valence-corrected chi connectivity index (χ3v) is 5.13. The number of nitrogens with zero attached hydrogens (tertiary/aromatic N) is 4. The number of anilines is 2. The Morgan fingerprint density at radius 3 is 3.04 bits per heavy atom. The minimum absolute atomic E-state index is 0.0565. The van der Waals surface area contributed by atoms with Crippen LogP contribution in [0.5, 0.6) is 0 Å². The number of amides is 1. The number of fused-ring (bicyclic) bond motifs is 1. The van der Waals surface area contributed by atoms with Gasteiger partial charge in [0.25, 0.3) is 0 Å². The van der Waals surface area contributed by atoms with Crippen LogP contribution in [-0.2, 0) is 11.2 Å². The van der Waals surface area contributed by atoms with Crippen LogP contribution in [0.1, 0.15) is 29.4 Å². The van der Waals surface area contributed by atoms with Crippen LogP contribution >= 0.6 is 23.1 Å². The summed E-state index contributed by atoms with van der Waals surface area (Å²) in [7, 11) is 0. The Morgan fingerprint density at radius 1 is 1.48 bits per heavy atom. The normalized spacial score (nSPS) is 16.9. The number of nitrogens with two attached hydrogens (primary N) is 1. The van der Waals surface area contributed by atoms with E-state index in [4.69, 9.17) is 5.73 Å². The number of carbonyl (C=O) groups excluding carboxylic acids is 2. The van der Waals surface area contributed by atoms with E-state index in [1.807, 2.05) is 6.92 Å². The van der Waals surface area contributed by atoms with Gasteiger partial charge < -0.3 is 5.73 Å². The van der Waals surface area contributed by atoms with E-state index in [0.717, 1.165) is 0 Å². The van der Waals surface area contributed by atoms with Gasteiger partial charge in [-0.3, -0.25) is 14.9 Å². The Balaban J connectivity index is 1.62. The van der Waals surface area contributed by atoms with Crippen LogP contribution in [0.15, 0.2) is 10.5 Å². The fraction of sp³-hybridized carbons (Fsp3) is 0.385. The highest BCUT2D eigenvalue weighted by Gasteiger charge is 2.24. The molecule has 1 aliphatic carbocycles. The first-order chi connectivity index (χ1) is 11.0. The largest absolute Gasteiger partial charge is 0.374 e. The Hall–Kier alpha value is -2.07. The second kappa shape index (κ2) is 6.59. The monoisotopic (exact) mass is 350 g/mol. The van der Waals surface area contributed by atoms with E-state index in [9.17, 15) is 9.59 Å². The van der Waals surface area contributed by atoms with Gasteiger partial charge in [0, 0.05) is 12.6 Å². The highest BCUT2D eigenvalue weighted by molar-refractivity contribution is 8.01. The first-order valence-corrected chi connectivity index (χ1v) is 8.72. The van der Waals surface area contributed by atoms with Crippen molar-refractivity contribution in [1.82, 2.24) is 20.2 Å². The second-order valence-corrected chi connectivity index (χ2v) is 7.47. The summed E-state index contributed by atoms with van der Waals surface area (Å²) in [5.74, 6) is 0.435. The molecule has 0 aromatic carbocycles. The Morgan fingerprint density at radius 2 is 2.30 bits per heavy atom. The molecule has 0 bridgehead atoms. The third kappa shape index (κ3) is 3.82. The lowest BCUT2D eigenvalue weighted by atomic mass is 9.88. The third-order valence-electron chi connectivity index (χ3n) is 3.24. The van der Waals surface area contributed by atoms with Gasteiger partial charge in [0.2, 0.25) is 17.0 Å². The van der Waals surface area contributed by atoms with Gasteiger partial charge in [-0.2, -0.15) is 0 Å². The molecule has 1 aliphatic rings. The molecule has 0 radical (unpaired) electrons. The van der Waals surface area contributed by atoms with Gasteiger partial charge >= 0.3 is 0 Å². The summed E-state index contributed by atoms with van der Waals surface area (Å²) in [5.41, 5.74) is 6.73. The van der Waals surface area contributed by atoms with Crippen LogP contribution in [-0.4, -0.2) is 37.6 Å². The van der Waals surface area contributed by atoms with Crippen LogP contribution < -0.4 is 11.1 Å². The zero-order chi connectivity index (χ0) is 16.4. The topological polar surface area (TPSA) is 124 Å². The van der Waals surface area contributed by atoms with Gasteiger partial charge in [-0.1, -0.05) is 30.0 Å². The molecule has 0 unspecified atom stereocenters. The lowest BCUT2D eigenvalue weighted by molar-refractivity contribution is -0.113. The summed E-state index contributed by atoms with van der Waals surface area (Å²) < 4.78 is 0.628. The molecule has 8 nitrogen and oxygen atoms in total. The average Bonchev–Trinajstić information content (AvgIpc) is 2.90. The number of ketones is 1. The number of carbonyl (C=O) groups is 2. The zero-order valence-electron chi connectivity index (χ0n) is 12.3. The van der Waals surface area contributed by atoms with E-state index in [1.165, 1.54) is 29.3 Å². The van der Waals surface area contributed by atoms with E-state index in [1.54, 1.807) is 0 Å². The van der Waals surface area contributed by atoms with Crippen molar-refractivity contribution in [2.45, 2.75) is 24.1 Å². The molecular formula is C13H14N6O2S2. The van der Waals surface area contributed by atoms with E-state index in [0.29, 0.717) is 33.6 Å². The van der Waals surface area contributed by atoms with Crippen molar-refractivity contribution < 1.29 is 9.59 Å². The van der Waals surface area contributed by atoms with Crippen molar-refractivity contribution in [3.8, 4) is 0 Å². The predicted octanol–water partition coefficient (Wildman–Crippen LogP) is 1.41. The molecule has 0 spiro atoms. The molecule has 0 saturated carbocycles. The first-order valence-electron chi connectivity index (χ1n) is 6.92. The second-order valence-electron chi connectivity index (χ2n) is 5.23. The molecule has 23 heavy (non-hydrogen) atoms. The summed E-state index contributed by atoms with van der Waals surface area (Å²) in [4.78, 5) is 32.2. The van der Waals surface area contributed by atoms with Gasteiger partial charge in [-0.15, -0.1) is 10.2 Å². The molecule has 2 heterocycles. The van der Waals surface area contributed by atoms with E-state index < -0.39 is 0 Å². The predicted molar refractivity (Wildman–Crippen MR) is 87.5 cm³/mol. The summed E-state index contributed by atoms with van der Waals surface area (Å²) in [6, 6.07) is 0. The number of nitrogens with one attached hydrogen (secondary N) is 1. The smallest absolute Gasteiger partial charge is 0.237 e. The molecule has 0 saturated heterocycles. The number of rotatable bonds is 4. The van der Waals surface area contributed by atoms with Crippen molar-refractivity contribution in [3.63, 3.8) is 0 Å². The molecule has 0 fully saturated rings. The number of thioether (sulfide) groups is 1. The number of hydrogen-bond acceptors (Lipinski definition) is 9. The van der Waals surface area contributed by atoms with Crippen LogP contribution in [0.2, 0.25) is 0 Å². The number of hydrogen-bond donors (Lipinski definition) is 2. The van der Waals surface area contributed by atoms with Crippen molar-refractivity contribution in [2.24, 2.45) is 5.92 Å². The van der Waals surface area contributed by atoms with Gasteiger partial charge in [-0.25, -0.2) is 9.97 Å². The quantitative estimate of drug-likeness (QED) is 0.793. The molecule has 10 heteroatoms. The van der Waals surface area contributed by atoms with Crippen LogP contribution in [0, 0.1) is 5.92 Å². The van der Waals surface area contributed by atoms with Crippen molar-refractivity contribution in [3.05, 3.63) is 17.5 Å². The van der Waals surface area contributed by atoms with E-state index in [2.05, 4.69) is 25.5 Å². The van der Waals surface area contributed by atoms with Crippen molar-refractivity contribution >= 4 is 45.9 Å². The van der Waals surface area contributed by atoms with Gasteiger partial charge in [0.05, 0.1) is 17.0 Å². The maximum absolute atomic E-state index is 11.9. The molecule has 3 N–H and O–H groups in total. The van der Waals surface area contributed by atoms with Crippen LogP contribution in [0.4, 0.5) is 11.1 Å². The lowest BCUT2D eigenvalue weighted by Crippen LogP contribution is -2.22. The highest BCUT2D eigenvalue weighted by atomic mass is 32.2. The SMILES string of the molecule is C[C@H]1CC(=O)c2cnc(NC(=O)CSc3nnc(N)s3)nc2C1. The molecule has 120 valence electrons. The molecule has 1 atom stereocenters. The Labute approximate surface area is 140 Å². The maximum Gasteiger partial charge on any atom is 0.237 e. The van der Waals surface area contributed by atoms with E-state index in [-0.39, 0.29) is 29.3 Å². The number of aromatic nitrogens is 4. The minimum atomic E-state index is -0.251. The van der Waals surface area contributed by atoms with Crippen molar-refractivity contribution in [2.75, 3.05) is 16.8 Å². The molecule has 0 aliphatic heterocycles. The summed E-state index contributed by atoms with van der Waals surface area (Å²) >= 11 is 2.47. The standard InChI is InChI=1S/C13H14N6O2S2/c1-6-2-8-7(9(20)3-6)4-15-12(16-8)17-10(21)5-22-13-19-18-11(14)23-13/h4,6H,2-3,5H2,1H3,(H2,14,18)(H,15,16,17,21)/t6-/m1/s1. The first kappa shape index (κ1) is 15.8. The lowest BCUT2D eigenvalue weighted by Gasteiger charge is -2.19. The van der Waals surface area contributed by atoms with Gasteiger partial charge in [-0.05, 0) is 12.3 Å². The Kier molecular flexibility index (Phi) is 4.53. The number of nitrogen functional groups attached to an aromatic ring is 1. The fourth-order valence-electron chi connectivity index (χ4n) is 2.26. The number of Topliss-reactive ketones (excluding diaryl/α,β-unsaturated/α-hetero) is 1. The average molecular weight is 350 g/mol. The molecule has 1 amide bonds. The van der Waals surface area contributed by atoms with Crippen molar-refractivity contribution in [1.29, 1.82) is 0 Å². The fourth-order valence-corrected chi connectivity index (χ4v) is 3.70. The molecule has 2 aromatic heterocycles. The maximum atomic E-state index is 11.9. The van der Waals surface area contributed by atoms with Gasteiger partial charge in [0.1, 0.15) is 0 Å². The highest BCUT2D eigenvalue weighted by Crippen LogP contribution is 2.25. The van der Waals surface area contributed by atoms with Crippen LogP contribution in [0.3, 0.4) is 0 Å². The van der Waals surface area contributed by atoms with E-state index >= 15 is 0 Å². The van der Waals surface area contributed by atoms with Crippen LogP contribution in [0.25, 0.3) is 0 Å². The summed E-state index contributed by atoms with van der Waals surface area (Å²) in [6.07, 6.45) is 2.72.